The minimum absolute atomic E-state index is 0.605. The third-order valence-electron chi connectivity index (χ3n) is 12.5. The van der Waals surface area contributed by atoms with Crippen LogP contribution in [0.15, 0.2) is 200 Å². The van der Waals surface area contributed by atoms with E-state index >= 15 is 0 Å². The number of anilines is 4. The molecule has 1 aromatic heterocycles. The number of para-hydroxylation sites is 6. The predicted octanol–water partition coefficient (Wildman–Crippen LogP) is 12.0. The molecule has 9 aromatic rings. The molecule has 3 aliphatic heterocycles. The van der Waals surface area contributed by atoms with Crippen molar-refractivity contribution in [2.45, 2.75) is 11.0 Å². The summed E-state index contributed by atoms with van der Waals surface area (Å²) in [7, 11) is 2.20. The van der Waals surface area contributed by atoms with Gasteiger partial charge in [-0.25, -0.2) is 4.98 Å². The fourth-order valence-corrected chi connectivity index (χ4v) is 10.3. The minimum Gasteiger partial charge on any atom is -0.457 e. The highest BCUT2D eigenvalue weighted by atomic mass is 16.5. The first-order chi connectivity index (χ1) is 28.2. The van der Waals surface area contributed by atoms with Crippen LogP contribution in [-0.4, -0.2) is 16.6 Å². The van der Waals surface area contributed by atoms with Crippen LogP contribution in [0, 0.1) is 0 Å². The van der Waals surface area contributed by atoms with Crippen molar-refractivity contribution in [1.82, 2.24) is 9.55 Å². The fraction of sp³-hybridized carbons (Fsp3) is 0.0577. The van der Waals surface area contributed by atoms with Crippen molar-refractivity contribution in [3.63, 3.8) is 0 Å². The maximum absolute atomic E-state index is 6.65. The Morgan fingerprint density at radius 1 is 0.456 bits per heavy atom. The zero-order valence-corrected chi connectivity index (χ0v) is 31.2. The number of hydrogen-bond acceptors (Lipinski definition) is 4. The number of nitrogens with zero attached hydrogens (tertiary/aromatic N) is 4. The quantitative estimate of drug-likeness (QED) is 0.181. The summed E-state index contributed by atoms with van der Waals surface area (Å²) in [6.07, 6.45) is 0. The number of rotatable bonds is 3. The number of aromatic nitrogens is 2. The van der Waals surface area contributed by atoms with E-state index in [9.17, 15) is 0 Å². The van der Waals surface area contributed by atoms with Crippen LogP contribution in [0.3, 0.4) is 0 Å². The van der Waals surface area contributed by atoms with E-state index in [0.717, 1.165) is 62.4 Å². The number of hydrogen-bond donors (Lipinski definition) is 0. The van der Waals surface area contributed by atoms with E-state index in [4.69, 9.17) is 9.72 Å². The summed E-state index contributed by atoms with van der Waals surface area (Å²) in [5.41, 5.74) is 13.4. The monoisotopic (exact) mass is 732 g/mol. The van der Waals surface area contributed by atoms with Gasteiger partial charge in [-0.15, -0.1) is 0 Å². The molecular formula is C52H36N4O. The van der Waals surface area contributed by atoms with E-state index < -0.39 is 11.0 Å². The lowest BCUT2D eigenvalue weighted by Gasteiger charge is -2.50. The van der Waals surface area contributed by atoms with Crippen LogP contribution in [0.2, 0.25) is 0 Å². The molecule has 270 valence electrons. The molecule has 8 aromatic carbocycles. The van der Waals surface area contributed by atoms with E-state index in [-0.39, 0.29) is 0 Å². The van der Waals surface area contributed by atoms with Crippen molar-refractivity contribution in [2.24, 2.45) is 0 Å². The molecule has 0 saturated heterocycles. The van der Waals surface area contributed by atoms with Crippen LogP contribution < -0.4 is 14.5 Å². The highest BCUT2D eigenvalue weighted by molar-refractivity contribution is 5.92. The van der Waals surface area contributed by atoms with Gasteiger partial charge in [-0.2, -0.15) is 0 Å². The van der Waals surface area contributed by atoms with Gasteiger partial charge in [0, 0.05) is 29.4 Å². The van der Waals surface area contributed by atoms with Gasteiger partial charge in [0.15, 0.2) is 0 Å². The van der Waals surface area contributed by atoms with Crippen LogP contribution in [0.4, 0.5) is 23.0 Å². The largest absolute Gasteiger partial charge is 0.457 e. The third kappa shape index (κ3) is 4.10. The maximum Gasteiger partial charge on any atom is 0.212 e. The Kier molecular flexibility index (Phi) is 6.62. The topological polar surface area (TPSA) is 33.5 Å². The van der Waals surface area contributed by atoms with Gasteiger partial charge in [0.1, 0.15) is 17.0 Å². The number of ether oxygens (including phenoxy) is 1. The summed E-state index contributed by atoms with van der Waals surface area (Å²) in [5.74, 6) is 2.66. The van der Waals surface area contributed by atoms with E-state index in [0.29, 0.717) is 0 Å². The van der Waals surface area contributed by atoms with Crippen molar-refractivity contribution in [3.8, 4) is 17.2 Å². The Bertz CT molecular complexity index is 2910. The standard InChI is InChI=1S/C52H36N4O/c1-54-50-53-43-26-12-15-29-47(43)56(50)46-33-32-37(34-42(46)52(54,35-18-4-2-5-19-35)36-20-6-3-7-21-36)55-44-27-13-8-22-38(44)51(39-23-9-14-28-45(39)55)40-24-10-16-30-48(40)57-49-31-17-11-25-41(49)51/h2-34H,1H3. The predicted molar refractivity (Wildman–Crippen MR) is 229 cm³/mol. The molecule has 1 spiro atoms. The Morgan fingerprint density at radius 3 is 1.58 bits per heavy atom. The molecule has 0 fully saturated rings. The Hall–Kier alpha value is -7.37. The van der Waals surface area contributed by atoms with Gasteiger partial charge in [0.2, 0.25) is 5.95 Å². The average molecular weight is 733 g/mol. The molecule has 0 amide bonds. The first-order valence-electron chi connectivity index (χ1n) is 19.5. The summed E-state index contributed by atoms with van der Waals surface area (Å²) in [5, 5.41) is 0. The van der Waals surface area contributed by atoms with Crippen molar-refractivity contribution in [1.29, 1.82) is 0 Å². The highest BCUT2D eigenvalue weighted by Crippen LogP contribution is 2.63. The van der Waals surface area contributed by atoms with Crippen molar-refractivity contribution in [3.05, 3.63) is 239 Å². The average Bonchev–Trinajstić information content (AvgIpc) is 3.67. The number of imidazole rings is 1. The van der Waals surface area contributed by atoms with E-state index in [1.54, 1.807) is 0 Å². The normalized spacial score (nSPS) is 15.1. The first kappa shape index (κ1) is 31.9. The second kappa shape index (κ2) is 11.8. The fourth-order valence-electron chi connectivity index (χ4n) is 10.3. The zero-order valence-electron chi connectivity index (χ0n) is 31.2. The summed E-state index contributed by atoms with van der Waals surface area (Å²) in [4.78, 5) is 10.2. The lowest BCUT2D eigenvalue weighted by Crippen LogP contribution is -2.50. The molecule has 5 heteroatoms. The molecule has 3 aliphatic rings. The molecule has 4 heterocycles. The van der Waals surface area contributed by atoms with E-state index in [1.165, 1.54) is 27.8 Å². The molecule has 12 rings (SSSR count). The van der Waals surface area contributed by atoms with Crippen LogP contribution in [0.1, 0.15) is 38.9 Å². The van der Waals surface area contributed by atoms with E-state index in [1.807, 2.05) is 0 Å². The van der Waals surface area contributed by atoms with Gasteiger partial charge in [-0.3, -0.25) is 4.57 Å². The first-order valence-corrected chi connectivity index (χ1v) is 19.5. The van der Waals surface area contributed by atoms with Crippen molar-refractivity contribution in [2.75, 3.05) is 16.8 Å². The number of fused-ring (bicyclic) bond motifs is 13. The highest BCUT2D eigenvalue weighted by Gasteiger charge is 2.52. The molecule has 0 N–H and O–H groups in total. The summed E-state index contributed by atoms with van der Waals surface area (Å²) in [6, 6.07) is 72.3. The van der Waals surface area contributed by atoms with Crippen LogP contribution in [0.5, 0.6) is 11.5 Å². The maximum atomic E-state index is 6.65. The molecule has 5 nitrogen and oxygen atoms in total. The van der Waals surface area contributed by atoms with Gasteiger partial charge in [-0.05, 0) is 76.9 Å². The summed E-state index contributed by atoms with van der Waals surface area (Å²) >= 11 is 0. The molecule has 0 atom stereocenters. The molecule has 0 bridgehead atoms. The van der Waals surface area contributed by atoms with E-state index in [2.05, 4.69) is 222 Å². The smallest absolute Gasteiger partial charge is 0.212 e. The third-order valence-corrected chi connectivity index (χ3v) is 12.5. The molecule has 0 saturated carbocycles. The SMILES string of the molecule is CN1c2nc3ccccc3n2-c2ccc(N3c4ccccc4C4(c5ccccc5Oc5ccccc54)c4ccccc43)cc2C1(c1ccccc1)c1ccccc1. The van der Waals surface area contributed by atoms with Crippen molar-refractivity contribution >= 4 is 34.0 Å². The molecule has 0 unspecified atom stereocenters. The van der Waals surface area contributed by atoms with Crippen LogP contribution >= 0.6 is 0 Å². The zero-order chi connectivity index (χ0) is 37.7. The van der Waals surface area contributed by atoms with Crippen molar-refractivity contribution < 1.29 is 4.74 Å². The van der Waals surface area contributed by atoms with Crippen LogP contribution in [-0.2, 0) is 11.0 Å². The second-order valence-corrected chi connectivity index (χ2v) is 15.2. The molecule has 57 heavy (non-hydrogen) atoms. The minimum atomic E-state index is -0.708. The molecule has 0 aliphatic carbocycles. The van der Waals surface area contributed by atoms with Gasteiger partial charge < -0.3 is 14.5 Å². The molecule has 0 radical (unpaired) electrons. The van der Waals surface area contributed by atoms with Gasteiger partial charge in [0.25, 0.3) is 0 Å². The lowest BCUT2D eigenvalue weighted by atomic mass is 9.61. The Morgan fingerprint density at radius 2 is 0.965 bits per heavy atom. The Balaban J connectivity index is 1.18. The second-order valence-electron chi connectivity index (χ2n) is 15.2. The van der Waals surface area contributed by atoms with Crippen LogP contribution in [0.25, 0.3) is 16.7 Å². The van der Waals surface area contributed by atoms with Gasteiger partial charge >= 0.3 is 0 Å². The lowest BCUT2D eigenvalue weighted by molar-refractivity contribution is 0.434. The molecular weight excluding hydrogens is 697 g/mol. The summed E-state index contributed by atoms with van der Waals surface area (Å²) in [6.45, 7) is 0. The number of benzene rings is 8. The Labute approximate surface area is 331 Å². The van der Waals surface area contributed by atoms with Gasteiger partial charge in [0.05, 0.1) is 33.5 Å². The van der Waals surface area contributed by atoms with Gasteiger partial charge in [-0.1, -0.05) is 146 Å². The summed E-state index contributed by atoms with van der Waals surface area (Å²) < 4.78 is 8.99.